The zero-order chi connectivity index (χ0) is 83.8. The van der Waals surface area contributed by atoms with Crippen LogP contribution in [0, 0.1) is 173 Å². The lowest BCUT2D eigenvalue weighted by Gasteiger charge is -2.12. The van der Waals surface area contributed by atoms with Gasteiger partial charge in [0.25, 0.3) is 0 Å². The highest BCUT2D eigenvalue weighted by molar-refractivity contribution is 5.70. The minimum atomic E-state index is -2.07. The zero-order valence-corrected chi connectivity index (χ0v) is 67.4. The Hall–Kier alpha value is -9.78. The van der Waals surface area contributed by atoms with E-state index in [1.54, 1.807) is 24.3 Å². The molecule has 0 amide bonds. The first-order valence-corrected chi connectivity index (χ1v) is 36.0. The van der Waals surface area contributed by atoms with E-state index in [4.69, 9.17) is 12.3 Å². The van der Waals surface area contributed by atoms with Gasteiger partial charge < -0.3 is 0 Å². The van der Waals surface area contributed by atoms with Crippen LogP contribution in [0.2, 0.25) is 0 Å². The molecule has 0 N–H and O–H groups in total. The molecular weight excluding hydrogens is 1250 g/mol. The van der Waals surface area contributed by atoms with E-state index >= 15 is 0 Å². The first-order chi connectivity index (χ1) is 52.1. The number of hydrogen-bond acceptors (Lipinski definition) is 0. The lowest BCUT2D eigenvalue weighted by Crippen LogP contribution is -2.35. The van der Waals surface area contributed by atoms with Crippen LogP contribution >= 0.6 is 0 Å². The van der Waals surface area contributed by atoms with Crippen LogP contribution < -0.4 is 27.4 Å². The average molecular weight is 1380 g/mol. The van der Waals surface area contributed by atoms with Crippen molar-refractivity contribution in [3.8, 4) is 67.5 Å². The lowest BCUT2D eigenvalue weighted by atomic mass is 9.94. The van der Waals surface area contributed by atoms with Crippen molar-refractivity contribution in [2.75, 3.05) is 0 Å². The van der Waals surface area contributed by atoms with Gasteiger partial charge in [0, 0.05) is 157 Å². The Morgan fingerprint density at radius 1 is 0.184 bits per heavy atom. The summed E-state index contributed by atoms with van der Waals surface area (Å²) in [6.45, 7) is 40.2. The van der Waals surface area contributed by atoms with E-state index in [0.717, 1.165) is 73.0 Å². The van der Waals surface area contributed by atoms with Crippen LogP contribution in [-0.4, -0.2) is 0 Å². The molecule has 0 aliphatic carbocycles. The van der Waals surface area contributed by atoms with Crippen LogP contribution in [0.25, 0.3) is 67.5 Å². The van der Waals surface area contributed by atoms with Crippen molar-refractivity contribution in [1.29, 1.82) is 0 Å². The standard InChI is InChI=1S/C17H22N.5C16H20N/c1-11-8-10-16(15(5)14(11)4)17-12(2)7-9-13(3)18(17)6;1-11-6-9-15(13(3)10-11)16-12(2)7-8-14(4)17(16)5;4*1-11-7-6-8-15(14(11)4)16-12(2)9-10-13(3)17(16)5/h7-10H,1-6H3;5*6-10H,1-5H3/q6*+1/i;3*1D3;;. The molecule has 0 fully saturated rings. The van der Waals surface area contributed by atoms with Gasteiger partial charge in [-0.05, 0) is 271 Å². The molecule has 6 aromatic heterocycles. The number of aromatic nitrogens is 6. The molecule has 6 heterocycles. The van der Waals surface area contributed by atoms with Gasteiger partial charge in [0.1, 0.15) is 42.3 Å². The predicted octanol–water partition coefficient (Wildman–Crippen LogP) is 20.8. The molecule has 0 atom stereocenters. The number of hydrogen-bond donors (Lipinski definition) is 0. The molecule has 0 unspecified atom stereocenters. The second-order valence-corrected chi connectivity index (χ2v) is 28.6. The molecule has 6 nitrogen and oxygen atoms in total. The second-order valence-electron chi connectivity index (χ2n) is 28.6. The van der Waals surface area contributed by atoms with Gasteiger partial charge in [-0.1, -0.05) is 72.3 Å². The molecule has 534 valence electrons. The van der Waals surface area contributed by atoms with Crippen LogP contribution in [0.3, 0.4) is 0 Å². The number of nitrogens with zero attached hydrogens (tertiary/aromatic N) is 6. The molecule has 6 aromatic carbocycles. The van der Waals surface area contributed by atoms with Crippen molar-refractivity contribution in [3.05, 3.63) is 316 Å². The first-order valence-electron chi connectivity index (χ1n) is 40.5. The topological polar surface area (TPSA) is 23.3 Å². The lowest BCUT2D eigenvalue weighted by molar-refractivity contribution is -0.667. The SMILES string of the molecule is Cc1ccc(-c2c(C)ccc(C)[n+]2C)c(C)c1C.Cc1cccc(-c2c(C)ccc(C)[n+]2C)c1C.Cc1cccc(-c2c(C)ccc(C)[n+]2C)c1C.[2H]C([2H])([2H])c1ccc(-c2c(C)ccc(C)[n+]2C)c(C)c1.[2H]C([2H])([2H])c1cccc(-c2c(C)ccc(C)[n+]2C)c1C.[2H]C([2H])([2H])c1cccc(-c2c(C)ccc(C)[n+]2C)c1C. The van der Waals surface area contributed by atoms with Crippen molar-refractivity contribution in [2.24, 2.45) is 42.3 Å². The fourth-order valence-electron chi connectivity index (χ4n) is 13.6. The highest BCUT2D eigenvalue weighted by Crippen LogP contribution is 2.32. The van der Waals surface area contributed by atoms with Crippen molar-refractivity contribution < 1.29 is 39.7 Å². The van der Waals surface area contributed by atoms with E-state index in [1.807, 2.05) is 86.1 Å². The van der Waals surface area contributed by atoms with Crippen LogP contribution in [0.1, 0.15) is 152 Å². The summed E-state index contributed by atoms with van der Waals surface area (Å²) in [7, 11) is 12.5. The van der Waals surface area contributed by atoms with Gasteiger partial charge in [-0.25, -0.2) is 0 Å². The highest BCUT2D eigenvalue weighted by atomic mass is 15.0. The monoisotopic (exact) mass is 1380 g/mol. The molecule has 0 spiro atoms. The van der Waals surface area contributed by atoms with E-state index < -0.39 is 20.6 Å². The molecule has 0 bridgehead atoms. The van der Waals surface area contributed by atoms with E-state index in [1.165, 1.54) is 118 Å². The molecular formula is C97H122N6+6. The average Bonchev–Trinajstić information content (AvgIpc) is 0.775. The van der Waals surface area contributed by atoms with Crippen molar-refractivity contribution in [3.63, 3.8) is 0 Å². The van der Waals surface area contributed by atoms with E-state index in [2.05, 4.69) is 288 Å². The van der Waals surface area contributed by atoms with Gasteiger partial charge in [0.05, 0.1) is 0 Å². The quantitative estimate of drug-likeness (QED) is 0.148. The molecule has 103 heavy (non-hydrogen) atoms. The molecule has 12 aromatic rings. The third-order valence-corrected chi connectivity index (χ3v) is 21.6. The summed E-state index contributed by atoms with van der Waals surface area (Å²) in [4.78, 5) is 0. The van der Waals surface area contributed by atoms with E-state index in [-0.39, 0.29) is 0 Å². The minimum absolute atomic E-state index is 0.395. The maximum absolute atomic E-state index is 7.65. The normalized spacial score (nSPS) is 12.3. The number of rotatable bonds is 6. The third kappa shape index (κ3) is 18.4. The molecule has 12 rings (SSSR count). The van der Waals surface area contributed by atoms with Gasteiger partial charge in [0.2, 0.25) is 34.2 Å². The Bertz CT molecular complexity index is 5240. The smallest absolute Gasteiger partial charge is 0.198 e. The summed E-state index contributed by atoms with van der Waals surface area (Å²) < 4.78 is 81.6. The Labute approximate surface area is 635 Å². The third-order valence-electron chi connectivity index (χ3n) is 21.6. The van der Waals surface area contributed by atoms with Gasteiger partial charge >= 0.3 is 0 Å². The summed E-state index contributed by atoms with van der Waals surface area (Å²) in [5, 5.41) is 0. The molecule has 0 radical (unpaired) electrons. The summed E-state index contributed by atoms with van der Waals surface area (Å²) in [5.41, 5.74) is 42.6. The molecule has 0 saturated carbocycles. The summed E-state index contributed by atoms with van der Waals surface area (Å²) in [6, 6.07) is 59.5. The molecule has 6 heteroatoms. The zero-order valence-electron chi connectivity index (χ0n) is 76.4. The number of aryl methyl sites for hydroxylation is 19. The summed E-state index contributed by atoms with van der Waals surface area (Å²) >= 11 is 0. The number of pyridine rings is 6. The molecule has 0 aliphatic heterocycles. The van der Waals surface area contributed by atoms with Gasteiger partial charge in [-0.15, -0.1) is 0 Å². The van der Waals surface area contributed by atoms with Crippen LogP contribution in [0.4, 0.5) is 0 Å². The first kappa shape index (κ1) is 67.7. The fourth-order valence-corrected chi connectivity index (χ4v) is 13.6. The number of benzene rings is 6. The van der Waals surface area contributed by atoms with Gasteiger partial charge in [0.15, 0.2) is 34.2 Å². The van der Waals surface area contributed by atoms with Crippen LogP contribution in [0.15, 0.2) is 176 Å². The maximum Gasteiger partial charge on any atom is 0.215 e. The van der Waals surface area contributed by atoms with Crippen molar-refractivity contribution >= 4 is 0 Å². The summed E-state index contributed by atoms with van der Waals surface area (Å²) in [6.07, 6.45) is 0. The van der Waals surface area contributed by atoms with E-state index in [9.17, 15) is 0 Å². The Morgan fingerprint density at radius 2 is 0.408 bits per heavy atom. The molecule has 0 aliphatic rings. The highest BCUT2D eigenvalue weighted by Gasteiger charge is 2.24. The van der Waals surface area contributed by atoms with Crippen LogP contribution in [-0.2, 0) is 42.3 Å². The Balaban J connectivity index is 0.000000187. The summed E-state index contributed by atoms with van der Waals surface area (Å²) in [5.74, 6) is 0. The van der Waals surface area contributed by atoms with Gasteiger partial charge in [-0.2, -0.15) is 27.4 Å². The van der Waals surface area contributed by atoms with Crippen molar-refractivity contribution in [2.45, 2.75) is 173 Å². The maximum atomic E-state index is 7.65. The Kier molecular flexibility index (Phi) is 23.0. The predicted molar refractivity (Wildman–Crippen MR) is 437 cm³/mol. The fraction of sp³-hybridized carbons (Fsp3) is 0.320. The van der Waals surface area contributed by atoms with Gasteiger partial charge in [-0.3, -0.25) is 0 Å². The minimum Gasteiger partial charge on any atom is -0.198 e. The largest absolute Gasteiger partial charge is 0.215 e. The molecule has 0 saturated heterocycles. The second kappa shape index (κ2) is 34.9. The Morgan fingerprint density at radius 3 is 0.670 bits per heavy atom. The van der Waals surface area contributed by atoms with Crippen molar-refractivity contribution in [1.82, 2.24) is 0 Å². The van der Waals surface area contributed by atoms with Crippen LogP contribution in [0.5, 0.6) is 0 Å². The van der Waals surface area contributed by atoms with E-state index in [0.29, 0.717) is 16.7 Å².